The average molecular weight is 217 g/mol. The molecule has 5 heteroatoms. The molecule has 14 heavy (non-hydrogen) atoms. The predicted molar refractivity (Wildman–Crippen MR) is 48.2 cm³/mol. The third-order valence-corrected chi connectivity index (χ3v) is 2.05. The number of rotatable bonds is 2. The third kappa shape index (κ3) is 1.99. The van der Waals surface area contributed by atoms with Crippen molar-refractivity contribution in [2.45, 2.75) is 19.2 Å². The van der Waals surface area contributed by atoms with Crippen LogP contribution in [-0.4, -0.2) is 4.98 Å². The maximum absolute atomic E-state index is 12.4. The molecule has 0 unspecified atom stereocenters. The van der Waals surface area contributed by atoms with Gasteiger partial charge in [-0.1, -0.05) is 0 Å². The van der Waals surface area contributed by atoms with Crippen LogP contribution in [0.25, 0.3) is 0 Å². The second-order valence-corrected chi connectivity index (χ2v) is 3.00. The molecule has 0 atom stereocenters. The van der Waals surface area contributed by atoms with E-state index in [1.165, 1.54) is 6.07 Å². The fourth-order valence-electron chi connectivity index (χ4n) is 1.08. The summed E-state index contributed by atoms with van der Waals surface area (Å²) < 4.78 is 24.9. The van der Waals surface area contributed by atoms with E-state index in [-0.39, 0.29) is 22.8 Å². The highest BCUT2D eigenvalue weighted by atomic mass is 35.5. The molecule has 0 aliphatic rings. The summed E-state index contributed by atoms with van der Waals surface area (Å²) in [4.78, 5) is 3.76. The molecular weight excluding hydrogens is 210 g/mol. The molecule has 2 nitrogen and oxygen atoms in total. The van der Waals surface area contributed by atoms with Gasteiger partial charge in [-0.05, 0) is 18.6 Å². The second-order valence-electron chi connectivity index (χ2n) is 2.74. The Kier molecular flexibility index (Phi) is 3.37. The number of aromatic nitrogens is 1. The summed E-state index contributed by atoms with van der Waals surface area (Å²) in [5, 5.41) is 8.62. The van der Waals surface area contributed by atoms with Crippen molar-refractivity contribution in [3.8, 4) is 6.07 Å². The predicted octanol–water partition coefficient (Wildman–Crippen LogP) is 2.94. The van der Waals surface area contributed by atoms with Crippen LogP contribution in [0, 0.1) is 18.3 Å². The summed E-state index contributed by atoms with van der Waals surface area (Å²) >= 11 is 5.45. The zero-order valence-corrected chi connectivity index (χ0v) is 8.15. The first-order valence-electron chi connectivity index (χ1n) is 3.84. The van der Waals surface area contributed by atoms with Crippen molar-refractivity contribution in [3.05, 3.63) is 28.6 Å². The molecule has 0 aromatic carbocycles. The Morgan fingerprint density at radius 2 is 2.29 bits per heavy atom. The van der Waals surface area contributed by atoms with E-state index in [2.05, 4.69) is 4.98 Å². The molecular formula is C9H7ClF2N2. The molecule has 0 N–H and O–H groups in total. The smallest absolute Gasteiger partial charge is 0.240 e. The van der Waals surface area contributed by atoms with Gasteiger partial charge in [0, 0.05) is 5.56 Å². The number of halogens is 3. The van der Waals surface area contributed by atoms with E-state index in [1.54, 1.807) is 6.92 Å². The molecule has 0 saturated carbocycles. The number of hydrogen-bond donors (Lipinski definition) is 0. The zero-order valence-electron chi connectivity index (χ0n) is 7.39. The van der Waals surface area contributed by atoms with Crippen LogP contribution in [0.4, 0.5) is 8.78 Å². The van der Waals surface area contributed by atoms with Gasteiger partial charge >= 0.3 is 0 Å². The van der Waals surface area contributed by atoms with Crippen molar-refractivity contribution in [2.75, 3.05) is 0 Å². The molecule has 1 aromatic rings. The van der Waals surface area contributed by atoms with Gasteiger partial charge in [-0.25, -0.2) is 13.8 Å². The lowest BCUT2D eigenvalue weighted by atomic mass is 10.1. The second kappa shape index (κ2) is 4.34. The minimum Gasteiger partial charge on any atom is -0.240 e. The summed E-state index contributed by atoms with van der Waals surface area (Å²) in [7, 11) is 0. The summed E-state index contributed by atoms with van der Waals surface area (Å²) in [5.74, 6) is -0.116. The summed E-state index contributed by atoms with van der Waals surface area (Å²) in [6, 6.07) is 3.08. The van der Waals surface area contributed by atoms with Crippen molar-refractivity contribution in [1.29, 1.82) is 5.26 Å². The van der Waals surface area contributed by atoms with Crippen LogP contribution in [0.5, 0.6) is 0 Å². The highest BCUT2D eigenvalue weighted by molar-refractivity contribution is 6.17. The molecule has 0 aliphatic heterocycles. The maximum Gasteiger partial charge on any atom is 0.265 e. The van der Waals surface area contributed by atoms with E-state index in [0.717, 1.165) is 0 Å². The van der Waals surface area contributed by atoms with E-state index in [1.807, 2.05) is 6.07 Å². The van der Waals surface area contributed by atoms with Gasteiger partial charge in [-0.2, -0.15) is 5.26 Å². The Labute approximate surface area is 85.1 Å². The molecule has 1 aromatic heterocycles. The molecule has 1 rings (SSSR count). The SMILES string of the molecule is Cc1cc(C(F)F)c(CCl)nc1C#N. The molecule has 0 fully saturated rings. The average Bonchev–Trinajstić information content (AvgIpc) is 2.17. The van der Waals surface area contributed by atoms with Gasteiger partial charge in [-0.15, -0.1) is 11.6 Å². The highest BCUT2D eigenvalue weighted by Gasteiger charge is 2.15. The number of nitriles is 1. The van der Waals surface area contributed by atoms with E-state index in [4.69, 9.17) is 16.9 Å². The normalized spacial score (nSPS) is 10.3. The lowest BCUT2D eigenvalue weighted by molar-refractivity contribution is 0.150. The van der Waals surface area contributed by atoms with Gasteiger partial charge in [0.15, 0.2) is 0 Å². The number of hydrogen-bond acceptors (Lipinski definition) is 2. The van der Waals surface area contributed by atoms with E-state index in [9.17, 15) is 8.78 Å². The summed E-state index contributed by atoms with van der Waals surface area (Å²) in [6.07, 6.45) is -2.61. The van der Waals surface area contributed by atoms with E-state index < -0.39 is 6.43 Å². The van der Waals surface area contributed by atoms with Crippen molar-refractivity contribution >= 4 is 11.6 Å². The largest absolute Gasteiger partial charge is 0.265 e. The van der Waals surface area contributed by atoms with Gasteiger partial charge < -0.3 is 0 Å². The first-order chi connectivity index (χ1) is 6.60. The van der Waals surface area contributed by atoms with Crippen LogP contribution < -0.4 is 0 Å². The lowest BCUT2D eigenvalue weighted by Gasteiger charge is -2.07. The van der Waals surface area contributed by atoms with Crippen molar-refractivity contribution < 1.29 is 8.78 Å². The maximum atomic E-state index is 12.4. The Hall–Kier alpha value is -1.21. The van der Waals surface area contributed by atoms with Crippen LogP contribution in [0.1, 0.15) is 28.9 Å². The quantitative estimate of drug-likeness (QED) is 0.713. The summed E-state index contributed by atoms with van der Waals surface area (Å²) in [6.45, 7) is 1.56. The molecule has 0 amide bonds. The highest BCUT2D eigenvalue weighted by Crippen LogP contribution is 2.24. The Morgan fingerprint density at radius 3 is 2.71 bits per heavy atom. The minimum absolute atomic E-state index is 0.0730. The van der Waals surface area contributed by atoms with Crippen LogP contribution in [-0.2, 0) is 5.88 Å². The monoisotopic (exact) mass is 216 g/mol. The molecule has 0 spiro atoms. The molecule has 0 saturated heterocycles. The first-order valence-corrected chi connectivity index (χ1v) is 4.38. The third-order valence-electron chi connectivity index (χ3n) is 1.79. The Balaban J connectivity index is 3.33. The zero-order chi connectivity index (χ0) is 10.7. The van der Waals surface area contributed by atoms with Crippen molar-refractivity contribution in [2.24, 2.45) is 0 Å². The van der Waals surface area contributed by atoms with Crippen LogP contribution in [0.2, 0.25) is 0 Å². The van der Waals surface area contributed by atoms with E-state index in [0.29, 0.717) is 5.56 Å². The van der Waals surface area contributed by atoms with Gasteiger partial charge in [-0.3, -0.25) is 0 Å². The van der Waals surface area contributed by atoms with Crippen LogP contribution >= 0.6 is 11.6 Å². The number of aryl methyl sites for hydroxylation is 1. The Morgan fingerprint density at radius 1 is 1.64 bits per heavy atom. The molecule has 0 bridgehead atoms. The minimum atomic E-state index is -2.61. The standard InChI is InChI=1S/C9H7ClF2N2/c1-5-2-6(9(11)12)7(3-10)14-8(5)4-13/h2,9H,3H2,1H3. The summed E-state index contributed by atoms with van der Waals surface area (Å²) in [5.41, 5.74) is 0.460. The molecule has 74 valence electrons. The van der Waals surface area contributed by atoms with Crippen LogP contribution in [0.15, 0.2) is 6.07 Å². The molecule has 1 heterocycles. The van der Waals surface area contributed by atoms with Gasteiger partial charge in [0.2, 0.25) is 0 Å². The number of alkyl halides is 3. The first kappa shape index (κ1) is 10.9. The fraction of sp³-hybridized carbons (Fsp3) is 0.333. The topological polar surface area (TPSA) is 36.7 Å². The van der Waals surface area contributed by atoms with Gasteiger partial charge in [0.05, 0.1) is 11.6 Å². The van der Waals surface area contributed by atoms with Crippen LogP contribution in [0.3, 0.4) is 0 Å². The fourth-order valence-corrected chi connectivity index (χ4v) is 1.30. The molecule has 0 radical (unpaired) electrons. The number of pyridine rings is 1. The Bertz CT molecular complexity index is 385. The van der Waals surface area contributed by atoms with Gasteiger partial charge in [0.25, 0.3) is 6.43 Å². The van der Waals surface area contributed by atoms with Crippen molar-refractivity contribution in [3.63, 3.8) is 0 Å². The van der Waals surface area contributed by atoms with Gasteiger partial charge in [0.1, 0.15) is 11.8 Å². The molecule has 0 aliphatic carbocycles. The van der Waals surface area contributed by atoms with Crippen molar-refractivity contribution in [1.82, 2.24) is 4.98 Å². The van der Waals surface area contributed by atoms with E-state index >= 15 is 0 Å². The lowest BCUT2D eigenvalue weighted by Crippen LogP contribution is -2.00. The number of nitrogens with zero attached hydrogens (tertiary/aromatic N) is 2.